The highest BCUT2D eigenvalue weighted by Crippen LogP contribution is 2.12. The molecule has 64 valence electrons. The minimum Gasteiger partial charge on any atom is -0.511 e. The van der Waals surface area contributed by atoms with Crippen molar-refractivity contribution >= 4 is 7.32 Å². The number of hydrogen-bond donors (Lipinski definition) is 2. The van der Waals surface area contributed by atoms with Crippen molar-refractivity contribution in [3.05, 3.63) is 18.3 Å². The Hall–Kier alpha value is -1.27. The van der Waals surface area contributed by atoms with Gasteiger partial charge in [0.2, 0.25) is 5.88 Å². The Morgan fingerprint density at radius 3 is 2.58 bits per heavy atom. The summed E-state index contributed by atoms with van der Waals surface area (Å²) in [5.74, 6) is 0.709. The molecule has 5 nitrogen and oxygen atoms in total. The Bertz CT molecular complexity index is 238. The molecular weight excluding hydrogens is 161 g/mol. The second kappa shape index (κ2) is 3.94. The molecule has 1 aromatic rings. The molecule has 1 heterocycles. The van der Waals surface area contributed by atoms with E-state index >= 15 is 0 Å². The predicted octanol–water partition coefficient (Wildman–Crippen LogP) is -0.561. The number of rotatable bonds is 3. The van der Waals surface area contributed by atoms with E-state index in [0.717, 1.165) is 0 Å². The molecule has 0 spiro atoms. The van der Waals surface area contributed by atoms with Crippen LogP contribution in [-0.2, 0) is 0 Å². The van der Waals surface area contributed by atoms with Crippen molar-refractivity contribution in [3.8, 4) is 11.6 Å². The first-order valence-corrected chi connectivity index (χ1v) is 3.25. The van der Waals surface area contributed by atoms with Crippen LogP contribution in [0, 0.1) is 0 Å². The van der Waals surface area contributed by atoms with Crippen LogP contribution in [0.1, 0.15) is 0 Å². The maximum atomic E-state index is 8.41. The molecule has 0 aliphatic carbocycles. The summed E-state index contributed by atoms with van der Waals surface area (Å²) in [6, 6.07) is 3.07. The van der Waals surface area contributed by atoms with Crippen LogP contribution in [0.5, 0.6) is 11.6 Å². The van der Waals surface area contributed by atoms with Crippen molar-refractivity contribution in [3.63, 3.8) is 0 Å². The highest BCUT2D eigenvalue weighted by molar-refractivity contribution is 6.33. The molecule has 0 aliphatic heterocycles. The molecule has 2 N–H and O–H groups in total. The molecule has 0 radical (unpaired) electrons. The molecule has 1 rings (SSSR count). The fourth-order valence-electron chi connectivity index (χ4n) is 0.679. The number of methoxy groups -OCH3 is 1. The Morgan fingerprint density at radius 1 is 1.42 bits per heavy atom. The van der Waals surface area contributed by atoms with Crippen LogP contribution >= 0.6 is 0 Å². The third kappa shape index (κ3) is 2.41. The van der Waals surface area contributed by atoms with Gasteiger partial charge in [-0.3, -0.25) is 0 Å². The Balaban J connectivity index is 2.65. The van der Waals surface area contributed by atoms with Gasteiger partial charge in [-0.2, -0.15) is 0 Å². The maximum absolute atomic E-state index is 8.41. The number of pyridine rings is 1. The first-order valence-electron chi connectivity index (χ1n) is 3.25. The molecule has 0 atom stereocenters. The lowest BCUT2D eigenvalue weighted by atomic mass is 10.2. The van der Waals surface area contributed by atoms with Gasteiger partial charge in [0.15, 0.2) is 0 Å². The lowest BCUT2D eigenvalue weighted by molar-refractivity contribution is 0.287. The first-order chi connectivity index (χ1) is 5.72. The van der Waals surface area contributed by atoms with Gasteiger partial charge in [0.05, 0.1) is 13.3 Å². The fraction of sp³-hybridized carbons (Fsp3) is 0.167. The molecule has 6 heteroatoms. The summed E-state index contributed by atoms with van der Waals surface area (Å²) in [4.78, 5) is 3.78. The van der Waals surface area contributed by atoms with Crippen LogP contribution in [0.25, 0.3) is 0 Å². The number of ether oxygens (including phenoxy) is 1. The number of hydrogen-bond acceptors (Lipinski definition) is 5. The molecule has 12 heavy (non-hydrogen) atoms. The molecule has 0 amide bonds. The maximum Gasteiger partial charge on any atom is 0.707 e. The second-order valence-electron chi connectivity index (χ2n) is 1.98. The van der Waals surface area contributed by atoms with Gasteiger partial charge in [-0.05, 0) is 6.07 Å². The fourth-order valence-corrected chi connectivity index (χ4v) is 0.679. The van der Waals surface area contributed by atoms with E-state index in [0.29, 0.717) is 5.88 Å². The minimum absolute atomic E-state index is 0.269. The first kappa shape index (κ1) is 8.83. The lowest BCUT2D eigenvalue weighted by Crippen LogP contribution is -2.20. The van der Waals surface area contributed by atoms with Crippen molar-refractivity contribution in [2.75, 3.05) is 7.11 Å². The summed E-state index contributed by atoms with van der Waals surface area (Å²) in [6.07, 6.45) is 1.33. The topological polar surface area (TPSA) is 71.8 Å². The van der Waals surface area contributed by atoms with Crippen molar-refractivity contribution in [1.82, 2.24) is 4.98 Å². The number of aromatic nitrogens is 1. The van der Waals surface area contributed by atoms with Crippen LogP contribution in [0.3, 0.4) is 0 Å². The molecule has 0 saturated heterocycles. The normalized spacial score (nSPS) is 9.25. The van der Waals surface area contributed by atoms with E-state index in [1.165, 1.54) is 19.4 Å². The molecule has 0 aromatic carbocycles. The van der Waals surface area contributed by atoms with Gasteiger partial charge in [0.1, 0.15) is 5.75 Å². The minimum atomic E-state index is -1.82. The van der Waals surface area contributed by atoms with E-state index in [-0.39, 0.29) is 5.75 Å². The van der Waals surface area contributed by atoms with Gasteiger partial charge in [-0.1, -0.05) is 0 Å². The summed E-state index contributed by atoms with van der Waals surface area (Å²) in [5, 5.41) is 16.8. The van der Waals surface area contributed by atoms with Crippen molar-refractivity contribution in [2.45, 2.75) is 0 Å². The molecule has 0 unspecified atom stereocenters. The van der Waals surface area contributed by atoms with Crippen LogP contribution in [0.15, 0.2) is 18.3 Å². The van der Waals surface area contributed by atoms with Gasteiger partial charge in [0.25, 0.3) is 0 Å². The van der Waals surface area contributed by atoms with Crippen molar-refractivity contribution in [2.24, 2.45) is 0 Å². The van der Waals surface area contributed by atoms with Crippen LogP contribution in [0.2, 0.25) is 0 Å². The molecule has 0 saturated carbocycles. The second-order valence-corrected chi connectivity index (χ2v) is 1.98. The molecule has 0 fully saturated rings. The van der Waals surface area contributed by atoms with E-state index in [1.54, 1.807) is 6.07 Å². The van der Waals surface area contributed by atoms with E-state index in [4.69, 9.17) is 14.8 Å². The Labute approximate surface area is 69.8 Å². The largest absolute Gasteiger partial charge is 0.707 e. The smallest absolute Gasteiger partial charge is 0.511 e. The average molecular weight is 169 g/mol. The molecule has 0 aliphatic rings. The zero-order valence-electron chi connectivity index (χ0n) is 6.47. The third-order valence-electron chi connectivity index (χ3n) is 1.16. The average Bonchev–Trinajstić information content (AvgIpc) is 2.05. The van der Waals surface area contributed by atoms with Gasteiger partial charge >= 0.3 is 7.32 Å². The molecular formula is C6H8BNO4. The predicted molar refractivity (Wildman–Crippen MR) is 41.6 cm³/mol. The summed E-state index contributed by atoms with van der Waals surface area (Å²) >= 11 is 0. The quantitative estimate of drug-likeness (QED) is 0.593. The zero-order valence-corrected chi connectivity index (χ0v) is 6.47. The molecule has 0 bridgehead atoms. The van der Waals surface area contributed by atoms with Crippen LogP contribution < -0.4 is 9.39 Å². The highest BCUT2D eigenvalue weighted by Gasteiger charge is 2.10. The summed E-state index contributed by atoms with van der Waals surface area (Å²) < 4.78 is 9.29. The van der Waals surface area contributed by atoms with E-state index < -0.39 is 7.32 Å². The van der Waals surface area contributed by atoms with E-state index in [1.807, 2.05) is 0 Å². The van der Waals surface area contributed by atoms with Crippen LogP contribution in [-0.4, -0.2) is 29.5 Å². The van der Waals surface area contributed by atoms with Gasteiger partial charge < -0.3 is 19.4 Å². The summed E-state index contributed by atoms with van der Waals surface area (Å²) in [6.45, 7) is 0. The summed E-state index contributed by atoms with van der Waals surface area (Å²) in [7, 11) is -0.329. The van der Waals surface area contributed by atoms with Gasteiger partial charge in [-0.25, -0.2) is 4.98 Å². The van der Waals surface area contributed by atoms with Gasteiger partial charge in [-0.15, -0.1) is 0 Å². The van der Waals surface area contributed by atoms with E-state index in [2.05, 4.69) is 9.64 Å². The van der Waals surface area contributed by atoms with Crippen molar-refractivity contribution in [1.29, 1.82) is 0 Å². The van der Waals surface area contributed by atoms with E-state index in [9.17, 15) is 0 Å². The molecule has 1 aromatic heterocycles. The Morgan fingerprint density at radius 2 is 2.17 bits per heavy atom. The third-order valence-corrected chi connectivity index (χ3v) is 1.16. The van der Waals surface area contributed by atoms with Gasteiger partial charge in [0, 0.05) is 6.07 Å². The standard InChI is InChI=1S/C6H8BNO4/c1-11-6-3-2-5(4-8-6)12-7(9)10/h2-4,9-10H,1H3. The number of nitrogens with zero attached hydrogens (tertiary/aromatic N) is 1. The highest BCUT2D eigenvalue weighted by atomic mass is 16.6. The lowest BCUT2D eigenvalue weighted by Gasteiger charge is -2.03. The zero-order chi connectivity index (χ0) is 8.97. The Kier molecular flexibility index (Phi) is 2.90. The monoisotopic (exact) mass is 169 g/mol. The SMILES string of the molecule is COc1ccc(OB(O)O)cn1. The van der Waals surface area contributed by atoms with Crippen molar-refractivity contribution < 1.29 is 19.4 Å². The summed E-state index contributed by atoms with van der Waals surface area (Å²) in [5.41, 5.74) is 0. The van der Waals surface area contributed by atoms with Crippen LogP contribution in [0.4, 0.5) is 0 Å².